The Morgan fingerprint density at radius 3 is 2.34 bits per heavy atom. The van der Waals surface area contributed by atoms with Crippen LogP contribution in [0.2, 0.25) is 0 Å². The SMILES string of the molecule is COc1cc(NC(=O)C(C)Sc2nnc(CN3CCCCC3)n2-c2ccc(F)cc2)cc(OC)c1. The third-order valence-electron chi connectivity index (χ3n) is 5.87. The molecule has 0 aliphatic carbocycles. The van der Waals surface area contributed by atoms with Crippen LogP contribution in [-0.4, -0.2) is 58.1 Å². The van der Waals surface area contributed by atoms with Crippen molar-refractivity contribution in [3.8, 4) is 17.2 Å². The number of ether oxygens (including phenoxy) is 2. The molecule has 1 amide bonds. The predicted octanol–water partition coefficient (Wildman–Crippen LogP) is 4.53. The number of amides is 1. The van der Waals surface area contributed by atoms with E-state index < -0.39 is 5.25 Å². The number of benzene rings is 2. The molecular formula is C25H30FN5O3S. The number of piperidine rings is 1. The summed E-state index contributed by atoms with van der Waals surface area (Å²) in [7, 11) is 3.12. The number of nitrogens with one attached hydrogen (secondary N) is 1. The van der Waals surface area contributed by atoms with Crippen molar-refractivity contribution in [1.29, 1.82) is 0 Å². The molecule has 0 spiro atoms. The van der Waals surface area contributed by atoms with Gasteiger partial charge < -0.3 is 14.8 Å². The number of thioether (sulfide) groups is 1. The van der Waals surface area contributed by atoms with Gasteiger partial charge in [-0.1, -0.05) is 18.2 Å². The van der Waals surface area contributed by atoms with Gasteiger partial charge >= 0.3 is 0 Å². The summed E-state index contributed by atoms with van der Waals surface area (Å²) in [5.41, 5.74) is 1.33. The Labute approximate surface area is 208 Å². The number of aromatic nitrogens is 3. The molecule has 1 unspecified atom stereocenters. The Balaban J connectivity index is 1.54. The highest BCUT2D eigenvalue weighted by Crippen LogP contribution is 2.29. The molecule has 3 aromatic rings. The number of carbonyl (C=O) groups is 1. The molecular weight excluding hydrogens is 469 g/mol. The summed E-state index contributed by atoms with van der Waals surface area (Å²) in [6.07, 6.45) is 3.57. The predicted molar refractivity (Wildman–Crippen MR) is 134 cm³/mol. The summed E-state index contributed by atoms with van der Waals surface area (Å²) in [6.45, 7) is 4.49. The fraction of sp³-hybridized carbons (Fsp3) is 0.400. The number of anilines is 1. The van der Waals surface area contributed by atoms with Gasteiger partial charge in [-0.25, -0.2) is 4.39 Å². The first kappa shape index (κ1) is 25.0. The maximum Gasteiger partial charge on any atom is 0.237 e. The summed E-state index contributed by atoms with van der Waals surface area (Å²) in [4.78, 5) is 15.4. The molecule has 0 bridgehead atoms. The second-order valence-electron chi connectivity index (χ2n) is 8.40. The van der Waals surface area contributed by atoms with E-state index in [1.807, 2.05) is 11.5 Å². The van der Waals surface area contributed by atoms with Crippen LogP contribution in [-0.2, 0) is 11.3 Å². The number of hydrogen-bond donors (Lipinski definition) is 1. The van der Waals surface area contributed by atoms with Crippen molar-refractivity contribution in [2.75, 3.05) is 32.6 Å². The van der Waals surface area contributed by atoms with Crippen molar-refractivity contribution >= 4 is 23.4 Å². The number of nitrogens with zero attached hydrogens (tertiary/aromatic N) is 4. The molecule has 0 radical (unpaired) electrons. The summed E-state index contributed by atoms with van der Waals surface area (Å²) in [5, 5.41) is 11.9. The van der Waals surface area contributed by atoms with E-state index in [-0.39, 0.29) is 11.7 Å². The molecule has 1 N–H and O–H groups in total. The zero-order chi connectivity index (χ0) is 24.8. The van der Waals surface area contributed by atoms with Crippen LogP contribution in [0.25, 0.3) is 5.69 Å². The molecule has 0 saturated carbocycles. The molecule has 1 atom stereocenters. The molecule has 8 nitrogen and oxygen atoms in total. The average molecular weight is 500 g/mol. The standard InChI is InChI=1S/C25H30FN5O3S/c1-17(24(32)27-19-13-21(33-2)15-22(14-19)34-3)35-25-29-28-23(16-30-11-5-4-6-12-30)31(25)20-9-7-18(26)8-10-20/h7-10,13-15,17H,4-6,11-12,16H2,1-3H3,(H,27,32). The second-order valence-corrected chi connectivity index (χ2v) is 9.71. The minimum Gasteiger partial charge on any atom is -0.497 e. The van der Waals surface area contributed by atoms with Gasteiger partial charge in [0.05, 0.1) is 26.0 Å². The Bertz CT molecular complexity index is 1130. The molecule has 1 fully saturated rings. The quantitative estimate of drug-likeness (QED) is 0.433. The Hall–Kier alpha value is -3.11. The van der Waals surface area contributed by atoms with Crippen LogP contribution in [0.15, 0.2) is 47.6 Å². The van der Waals surface area contributed by atoms with Crippen LogP contribution >= 0.6 is 11.8 Å². The Kier molecular flexibility index (Phi) is 8.25. The van der Waals surface area contributed by atoms with E-state index in [2.05, 4.69) is 20.4 Å². The van der Waals surface area contributed by atoms with Gasteiger partial charge in [0.15, 0.2) is 11.0 Å². The van der Waals surface area contributed by atoms with Gasteiger partial charge in [-0.3, -0.25) is 14.3 Å². The van der Waals surface area contributed by atoms with E-state index in [1.54, 1.807) is 44.6 Å². The third-order valence-corrected chi connectivity index (χ3v) is 6.91. The number of methoxy groups -OCH3 is 2. The lowest BCUT2D eigenvalue weighted by molar-refractivity contribution is -0.115. The van der Waals surface area contributed by atoms with Gasteiger partial charge in [0, 0.05) is 29.6 Å². The van der Waals surface area contributed by atoms with Crippen molar-refractivity contribution in [2.24, 2.45) is 0 Å². The van der Waals surface area contributed by atoms with Crippen molar-refractivity contribution in [3.05, 3.63) is 54.1 Å². The number of halogens is 1. The molecule has 1 aliphatic heterocycles. The zero-order valence-corrected chi connectivity index (χ0v) is 21.0. The van der Waals surface area contributed by atoms with Crippen LogP contribution < -0.4 is 14.8 Å². The number of carbonyl (C=O) groups excluding carboxylic acids is 1. The summed E-state index contributed by atoms with van der Waals surface area (Å²) in [6, 6.07) is 11.4. The monoisotopic (exact) mass is 499 g/mol. The molecule has 1 aromatic heterocycles. The lowest BCUT2D eigenvalue weighted by Crippen LogP contribution is -2.30. The molecule has 35 heavy (non-hydrogen) atoms. The molecule has 10 heteroatoms. The number of rotatable bonds is 9. The number of likely N-dealkylation sites (tertiary alicyclic amines) is 1. The Morgan fingerprint density at radius 2 is 1.71 bits per heavy atom. The fourth-order valence-electron chi connectivity index (χ4n) is 3.98. The van der Waals surface area contributed by atoms with E-state index in [4.69, 9.17) is 9.47 Å². The minimum absolute atomic E-state index is 0.198. The third kappa shape index (κ3) is 6.32. The first-order chi connectivity index (χ1) is 17.0. The highest BCUT2D eigenvalue weighted by Gasteiger charge is 2.23. The van der Waals surface area contributed by atoms with Crippen LogP contribution in [0.5, 0.6) is 11.5 Å². The van der Waals surface area contributed by atoms with Crippen LogP contribution in [0.1, 0.15) is 32.0 Å². The van der Waals surface area contributed by atoms with E-state index in [0.717, 1.165) is 24.6 Å². The lowest BCUT2D eigenvalue weighted by Gasteiger charge is -2.26. The average Bonchev–Trinajstić information content (AvgIpc) is 3.26. The maximum atomic E-state index is 13.6. The summed E-state index contributed by atoms with van der Waals surface area (Å²) in [5.74, 6) is 1.43. The van der Waals surface area contributed by atoms with Gasteiger partial charge in [0.25, 0.3) is 0 Å². The minimum atomic E-state index is -0.474. The first-order valence-electron chi connectivity index (χ1n) is 11.6. The van der Waals surface area contributed by atoms with Gasteiger partial charge in [0.2, 0.25) is 5.91 Å². The second kappa shape index (κ2) is 11.5. The lowest BCUT2D eigenvalue weighted by atomic mass is 10.1. The van der Waals surface area contributed by atoms with Crippen LogP contribution in [0.3, 0.4) is 0 Å². The summed E-state index contributed by atoms with van der Waals surface area (Å²) >= 11 is 1.30. The van der Waals surface area contributed by atoms with Crippen molar-refractivity contribution in [1.82, 2.24) is 19.7 Å². The highest BCUT2D eigenvalue weighted by atomic mass is 32.2. The molecule has 1 saturated heterocycles. The fourth-order valence-corrected chi connectivity index (χ4v) is 4.87. The Morgan fingerprint density at radius 1 is 1.06 bits per heavy atom. The largest absolute Gasteiger partial charge is 0.497 e. The topological polar surface area (TPSA) is 81.5 Å². The van der Waals surface area contributed by atoms with Crippen molar-refractivity contribution in [2.45, 2.75) is 43.1 Å². The van der Waals surface area contributed by atoms with Gasteiger partial charge in [0.1, 0.15) is 17.3 Å². The normalized spacial score (nSPS) is 15.0. The first-order valence-corrected chi connectivity index (χ1v) is 12.5. The van der Waals surface area contributed by atoms with Crippen molar-refractivity contribution < 1.29 is 18.7 Å². The number of hydrogen-bond acceptors (Lipinski definition) is 7. The van der Waals surface area contributed by atoms with Crippen molar-refractivity contribution in [3.63, 3.8) is 0 Å². The van der Waals surface area contributed by atoms with Gasteiger partial charge in [-0.2, -0.15) is 0 Å². The molecule has 4 rings (SSSR count). The summed E-state index contributed by atoms with van der Waals surface area (Å²) < 4.78 is 26.1. The van der Waals surface area contributed by atoms with Crippen LogP contribution in [0.4, 0.5) is 10.1 Å². The highest BCUT2D eigenvalue weighted by molar-refractivity contribution is 8.00. The van der Waals surface area contributed by atoms with Gasteiger partial charge in [-0.05, 0) is 57.1 Å². The van der Waals surface area contributed by atoms with E-state index in [9.17, 15) is 9.18 Å². The maximum absolute atomic E-state index is 13.6. The smallest absolute Gasteiger partial charge is 0.237 e. The van der Waals surface area contributed by atoms with E-state index in [1.165, 1.54) is 43.2 Å². The van der Waals surface area contributed by atoms with E-state index >= 15 is 0 Å². The van der Waals surface area contributed by atoms with Crippen LogP contribution in [0, 0.1) is 5.82 Å². The molecule has 2 heterocycles. The van der Waals surface area contributed by atoms with Gasteiger partial charge in [-0.15, -0.1) is 10.2 Å². The zero-order valence-electron chi connectivity index (χ0n) is 20.2. The molecule has 2 aromatic carbocycles. The molecule has 1 aliphatic rings. The molecule has 186 valence electrons. The van der Waals surface area contributed by atoms with E-state index in [0.29, 0.717) is 28.9 Å².